The van der Waals surface area contributed by atoms with E-state index >= 15 is 0 Å². The van der Waals surface area contributed by atoms with Crippen LogP contribution in [0.15, 0.2) is 18.2 Å². The number of aromatic nitrogens is 1. The molecule has 0 spiro atoms. The van der Waals surface area contributed by atoms with Crippen LogP contribution in [0.4, 0.5) is 0 Å². The Balaban J connectivity index is 1.65. The van der Waals surface area contributed by atoms with Crippen LogP contribution in [0, 0.1) is 5.92 Å². The molecule has 2 unspecified atom stereocenters. The van der Waals surface area contributed by atoms with E-state index in [0.717, 1.165) is 49.8 Å². The smallest absolute Gasteiger partial charge is 0.224 e. The van der Waals surface area contributed by atoms with Gasteiger partial charge in [0.25, 0.3) is 0 Å². The number of Topliss-reactive ketones (excluding diaryl/α,β-unsaturated/α-hetero) is 1. The molecular weight excluding hydrogens is 416 g/mol. The number of piperidine rings is 1. The molecule has 0 radical (unpaired) electrons. The third-order valence-corrected chi connectivity index (χ3v) is 6.71. The van der Waals surface area contributed by atoms with Crippen molar-refractivity contribution in [1.29, 1.82) is 0 Å². The van der Waals surface area contributed by atoms with E-state index in [1.165, 1.54) is 11.3 Å². The van der Waals surface area contributed by atoms with Gasteiger partial charge in [-0.05, 0) is 56.6 Å². The zero-order valence-electron chi connectivity index (χ0n) is 18.0. The van der Waals surface area contributed by atoms with Crippen LogP contribution in [0.3, 0.4) is 0 Å². The van der Waals surface area contributed by atoms with Gasteiger partial charge in [0.2, 0.25) is 5.91 Å². The summed E-state index contributed by atoms with van der Waals surface area (Å²) in [6.07, 6.45) is 2.88. The molecule has 0 saturated carbocycles. The fourth-order valence-corrected chi connectivity index (χ4v) is 5.04. The average Bonchev–Trinajstić information content (AvgIpc) is 3.06. The molecule has 1 aromatic heterocycles. The predicted molar refractivity (Wildman–Crippen MR) is 121 cm³/mol. The van der Waals surface area contributed by atoms with E-state index in [1.54, 1.807) is 0 Å². The minimum atomic E-state index is -0.514. The highest BCUT2D eigenvalue weighted by molar-refractivity contribution is 6.31. The fourth-order valence-electron chi connectivity index (χ4n) is 4.87. The van der Waals surface area contributed by atoms with Gasteiger partial charge in [0.1, 0.15) is 6.61 Å². The third kappa shape index (κ3) is 4.95. The van der Waals surface area contributed by atoms with E-state index in [0.29, 0.717) is 18.1 Å². The molecule has 2 aromatic rings. The number of amides is 1. The maximum atomic E-state index is 12.9. The summed E-state index contributed by atoms with van der Waals surface area (Å²) in [5.41, 5.74) is 3.58. The van der Waals surface area contributed by atoms with Crippen molar-refractivity contribution in [2.24, 2.45) is 5.92 Å². The summed E-state index contributed by atoms with van der Waals surface area (Å²) in [4.78, 5) is 27.3. The second-order valence-electron chi connectivity index (χ2n) is 8.83. The number of fused-ring (bicyclic) bond motifs is 3. The maximum absolute atomic E-state index is 12.9. The van der Waals surface area contributed by atoms with Crippen LogP contribution in [-0.2, 0) is 29.1 Å². The number of carbonyl (C=O) groups excluding carboxylic acids is 2. The summed E-state index contributed by atoms with van der Waals surface area (Å²) in [7, 11) is 2.10. The molecule has 3 heterocycles. The molecule has 168 valence electrons. The number of nitrogens with one attached hydrogen (secondary N) is 2. The summed E-state index contributed by atoms with van der Waals surface area (Å²) < 4.78 is 2.23. The van der Waals surface area contributed by atoms with E-state index in [1.807, 2.05) is 18.2 Å². The van der Waals surface area contributed by atoms with Crippen LogP contribution in [0.25, 0.3) is 10.9 Å². The van der Waals surface area contributed by atoms with Crippen LogP contribution in [0.2, 0.25) is 5.02 Å². The molecule has 4 rings (SSSR count). The topological polar surface area (TPSA) is 86.6 Å². The van der Waals surface area contributed by atoms with Crippen molar-refractivity contribution in [3.05, 3.63) is 34.5 Å². The fraction of sp³-hybridized carbons (Fsp3) is 0.565. The third-order valence-electron chi connectivity index (χ3n) is 6.48. The molecule has 1 fully saturated rings. The number of halogens is 1. The minimum Gasteiger partial charge on any atom is -0.389 e. The lowest BCUT2D eigenvalue weighted by atomic mass is 9.98. The van der Waals surface area contributed by atoms with Gasteiger partial charge in [0.15, 0.2) is 5.78 Å². The summed E-state index contributed by atoms with van der Waals surface area (Å²) in [5, 5.41) is 17.6. The van der Waals surface area contributed by atoms with E-state index in [4.69, 9.17) is 11.6 Å². The molecule has 1 aromatic carbocycles. The molecule has 2 aliphatic rings. The summed E-state index contributed by atoms with van der Waals surface area (Å²) in [6, 6.07) is 5.54. The molecule has 3 N–H and O–H groups in total. The summed E-state index contributed by atoms with van der Waals surface area (Å²) in [5.74, 6) is -0.369. The molecular formula is C23H31ClN4O3. The van der Waals surface area contributed by atoms with Crippen LogP contribution in [0.1, 0.15) is 30.5 Å². The van der Waals surface area contributed by atoms with Crippen molar-refractivity contribution in [3.63, 3.8) is 0 Å². The van der Waals surface area contributed by atoms with E-state index < -0.39 is 6.61 Å². The standard InChI is InChI=1S/C23H31ClN4O3/c1-27-8-6-19-20-9-16(24)4-5-21(20)28(22(19)13-27)12-17(10-18(30)14-29)26-23(31)15-3-2-7-25-11-15/h4-5,9,15,17,25,29H,2-3,6-8,10-14H2,1H3,(H,26,31). The van der Waals surface area contributed by atoms with Gasteiger partial charge in [-0.2, -0.15) is 0 Å². The molecule has 2 atom stereocenters. The Kier molecular flexibility index (Phi) is 6.96. The van der Waals surface area contributed by atoms with Crippen molar-refractivity contribution in [2.75, 3.05) is 33.3 Å². The van der Waals surface area contributed by atoms with Gasteiger partial charge in [-0.3, -0.25) is 9.59 Å². The highest BCUT2D eigenvalue weighted by Gasteiger charge is 2.28. The molecule has 2 aliphatic heterocycles. The number of likely N-dealkylation sites (N-methyl/N-ethyl adjacent to an activating group) is 1. The number of hydrogen-bond donors (Lipinski definition) is 3. The average molecular weight is 447 g/mol. The van der Waals surface area contributed by atoms with Crippen molar-refractivity contribution in [1.82, 2.24) is 20.1 Å². The van der Waals surface area contributed by atoms with E-state index in [9.17, 15) is 14.7 Å². The Hall–Kier alpha value is -1.93. The number of benzene rings is 1. The van der Waals surface area contributed by atoms with Crippen LogP contribution in [0.5, 0.6) is 0 Å². The van der Waals surface area contributed by atoms with Crippen molar-refractivity contribution < 1.29 is 14.7 Å². The lowest BCUT2D eigenvalue weighted by Crippen LogP contribution is -2.46. The first-order chi connectivity index (χ1) is 15.0. The SMILES string of the molecule is CN1CCc2c(n(CC(CC(=O)CO)NC(=O)C3CCCNC3)c3ccc(Cl)cc23)C1. The Labute approximate surface area is 187 Å². The molecule has 7 nitrogen and oxygen atoms in total. The molecule has 8 heteroatoms. The van der Waals surface area contributed by atoms with Gasteiger partial charge in [-0.25, -0.2) is 0 Å². The number of carbonyl (C=O) groups is 2. The highest BCUT2D eigenvalue weighted by Crippen LogP contribution is 2.32. The second-order valence-corrected chi connectivity index (χ2v) is 9.27. The Morgan fingerprint density at radius 2 is 2.23 bits per heavy atom. The largest absolute Gasteiger partial charge is 0.389 e. The van der Waals surface area contributed by atoms with E-state index in [2.05, 4.69) is 27.1 Å². The number of ketones is 1. The van der Waals surface area contributed by atoms with Gasteiger partial charge >= 0.3 is 0 Å². The summed E-state index contributed by atoms with van der Waals surface area (Å²) >= 11 is 6.29. The maximum Gasteiger partial charge on any atom is 0.224 e. The van der Waals surface area contributed by atoms with Gasteiger partial charge < -0.3 is 25.2 Å². The van der Waals surface area contributed by atoms with Gasteiger partial charge in [-0.1, -0.05) is 11.6 Å². The number of hydrogen-bond acceptors (Lipinski definition) is 5. The monoisotopic (exact) mass is 446 g/mol. The number of aliphatic hydroxyl groups is 1. The highest BCUT2D eigenvalue weighted by atomic mass is 35.5. The summed E-state index contributed by atoms with van der Waals surface area (Å²) in [6.45, 7) is 3.36. The molecule has 0 aliphatic carbocycles. The number of nitrogens with zero attached hydrogens (tertiary/aromatic N) is 2. The van der Waals surface area contributed by atoms with E-state index in [-0.39, 0.29) is 30.1 Å². The quantitative estimate of drug-likeness (QED) is 0.603. The zero-order valence-corrected chi connectivity index (χ0v) is 18.7. The molecule has 1 amide bonds. The molecule has 1 saturated heterocycles. The Morgan fingerprint density at radius 3 is 2.97 bits per heavy atom. The van der Waals surface area contributed by atoms with Gasteiger partial charge in [0, 0.05) is 54.2 Å². The number of rotatable bonds is 7. The minimum absolute atomic E-state index is 0.0200. The zero-order chi connectivity index (χ0) is 22.0. The first kappa shape index (κ1) is 22.3. The second kappa shape index (κ2) is 9.69. The van der Waals surface area contributed by atoms with Gasteiger partial charge in [0.05, 0.1) is 12.0 Å². The lowest BCUT2D eigenvalue weighted by Gasteiger charge is -2.28. The predicted octanol–water partition coefficient (Wildman–Crippen LogP) is 1.72. The first-order valence-corrected chi connectivity index (χ1v) is 11.5. The van der Waals surface area contributed by atoms with Crippen LogP contribution in [-0.4, -0.2) is 65.6 Å². The number of aliphatic hydroxyl groups excluding tert-OH is 1. The van der Waals surface area contributed by atoms with Crippen molar-refractivity contribution in [2.45, 2.75) is 44.8 Å². The molecule has 31 heavy (non-hydrogen) atoms. The normalized spacial score (nSPS) is 20.4. The first-order valence-electron chi connectivity index (χ1n) is 11.1. The van der Waals surface area contributed by atoms with Crippen molar-refractivity contribution >= 4 is 34.2 Å². The van der Waals surface area contributed by atoms with Gasteiger partial charge in [-0.15, -0.1) is 0 Å². The van der Waals surface area contributed by atoms with Crippen LogP contribution < -0.4 is 10.6 Å². The van der Waals surface area contributed by atoms with Crippen molar-refractivity contribution in [3.8, 4) is 0 Å². The Bertz CT molecular complexity index is 967. The Morgan fingerprint density at radius 1 is 1.39 bits per heavy atom. The van der Waals surface area contributed by atoms with Crippen LogP contribution >= 0.6 is 11.6 Å². The molecule has 0 bridgehead atoms. The lowest BCUT2D eigenvalue weighted by molar-refractivity contribution is -0.127.